The van der Waals surface area contributed by atoms with Gasteiger partial charge in [-0.25, -0.2) is 4.39 Å². The molecule has 0 aliphatic heterocycles. The van der Waals surface area contributed by atoms with Crippen molar-refractivity contribution < 1.29 is 17.6 Å². The largest absolute Gasteiger partial charge is 0.401 e. The Morgan fingerprint density at radius 1 is 1.06 bits per heavy atom. The van der Waals surface area contributed by atoms with Crippen LogP contribution in [0.3, 0.4) is 0 Å². The molecule has 0 spiro atoms. The molecule has 0 saturated heterocycles. The minimum Gasteiger partial charge on any atom is -0.309 e. The second kappa shape index (κ2) is 5.84. The number of halogens is 4. The Kier molecular flexibility index (Phi) is 4.73. The fourth-order valence-electron chi connectivity index (χ4n) is 1.30. The highest BCUT2D eigenvalue weighted by atomic mass is 19.4. The van der Waals surface area contributed by atoms with E-state index in [0.29, 0.717) is 19.4 Å². The van der Waals surface area contributed by atoms with E-state index >= 15 is 0 Å². The van der Waals surface area contributed by atoms with E-state index in [-0.39, 0.29) is 5.82 Å². The SMILES string of the molecule is Fc1ccc(CCCNCC(F)(F)F)cc1. The van der Waals surface area contributed by atoms with Gasteiger partial charge in [0.2, 0.25) is 0 Å². The van der Waals surface area contributed by atoms with Crippen molar-refractivity contribution in [1.29, 1.82) is 0 Å². The number of nitrogens with one attached hydrogen (secondary N) is 1. The molecule has 90 valence electrons. The molecule has 1 aromatic rings. The average Bonchev–Trinajstić information content (AvgIpc) is 2.19. The van der Waals surface area contributed by atoms with Gasteiger partial charge in [-0.05, 0) is 37.1 Å². The molecule has 0 aliphatic carbocycles. The van der Waals surface area contributed by atoms with Crippen LogP contribution < -0.4 is 5.32 Å². The lowest BCUT2D eigenvalue weighted by Gasteiger charge is -2.07. The highest BCUT2D eigenvalue weighted by Gasteiger charge is 2.25. The zero-order valence-electron chi connectivity index (χ0n) is 8.65. The normalized spacial score (nSPS) is 11.8. The lowest BCUT2D eigenvalue weighted by molar-refractivity contribution is -0.124. The summed E-state index contributed by atoms with van der Waals surface area (Å²) in [6.45, 7) is -0.659. The molecule has 1 nitrogen and oxygen atoms in total. The van der Waals surface area contributed by atoms with Gasteiger partial charge in [-0.2, -0.15) is 13.2 Å². The summed E-state index contributed by atoms with van der Waals surface area (Å²) in [4.78, 5) is 0. The number of benzene rings is 1. The fraction of sp³-hybridized carbons (Fsp3) is 0.455. The quantitative estimate of drug-likeness (QED) is 0.611. The molecule has 0 bridgehead atoms. The summed E-state index contributed by atoms with van der Waals surface area (Å²) in [7, 11) is 0. The van der Waals surface area contributed by atoms with Gasteiger partial charge in [-0.1, -0.05) is 12.1 Å². The summed E-state index contributed by atoms with van der Waals surface area (Å²) in [5.41, 5.74) is 0.926. The Hall–Kier alpha value is -1.10. The van der Waals surface area contributed by atoms with Crippen LogP contribution in [-0.4, -0.2) is 19.3 Å². The van der Waals surface area contributed by atoms with E-state index in [4.69, 9.17) is 0 Å². The highest BCUT2D eigenvalue weighted by Crippen LogP contribution is 2.12. The first-order chi connectivity index (χ1) is 7.47. The van der Waals surface area contributed by atoms with E-state index in [2.05, 4.69) is 5.32 Å². The van der Waals surface area contributed by atoms with Crippen molar-refractivity contribution in [2.45, 2.75) is 19.0 Å². The predicted octanol–water partition coefficient (Wildman–Crippen LogP) is 2.91. The van der Waals surface area contributed by atoms with Crippen molar-refractivity contribution in [2.75, 3.05) is 13.1 Å². The van der Waals surface area contributed by atoms with Gasteiger partial charge >= 0.3 is 6.18 Å². The topological polar surface area (TPSA) is 12.0 Å². The molecule has 0 unspecified atom stereocenters. The Labute approximate surface area is 91.5 Å². The van der Waals surface area contributed by atoms with Crippen molar-refractivity contribution in [3.05, 3.63) is 35.6 Å². The molecular formula is C11H13F4N. The molecule has 0 aliphatic rings. The smallest absolute Gasteiger partial charge is 0.309 e. The standard InChI is InChI=1S/C11H13F4N/c12-10-5-3-9(4-6-10)2-1-7-16-8-11(13,14)15/h3-6,16H,1-2,7-8H2. The summed E-state index contributed by atoms with van der Waals surface area (Å²) in [5, 5.41) is 2.31. The van der Waals surface area contributed by atoms with Crippen LogP contribution in [0.4, 0.5) is 17.6 Å². The van der Waals surface area contributed by atoms with Crippen LogP contribution in [0.2, 0.25) is 0 Å². The van der Waals surface area contributed by atoms with Gasteiger partial charge in [0.25, 0.3) is 0 Å². The Balaban J connectivity index is 2.14. The Morgan fingerprint density at radius 2 is 1.69 bits per heavy atom. The average molecular weight is 235 g/mol. The molecule has 1 aromatic carbocycles. The third kappa shape index (κ3) is 5.70. The summed E-state index contributed by atoms with van der Waals surface area (Å²) >= 11 is 0. The first-order valence-electron chi connectivity index (χ1n) is 4.99. The Morgan fingerprint density at radius 3 is 2.25 bits per heavy atom. The van der Waals surface area contributed by atoms with E-state index < -0.39 is 12.7 Å². The van der Waals surface area contributed by atoms with Crippen LogP contribution in [0.1, 0.15) is 12.0 Å². The fourth-order valence-corrected chi connectivity index (χ4v) is 1.30. The lowest BCUT2D eigenvalue weighted by Crippen LogP contribution is -2.29. The van der Waals surface area contributed by atoms with E-state index in [0.717, 1.165) is 5.56 Å². The zero-order valence-corrected chi connectivity index (χ0v) is 8.65. The van der Waals surface area contributed by atoms with E-state index in [1.165, 1.54) is 12.1 Å². The number of hydrogen-bond donors (Lipinski definition) is 1. The van der Waals surface area contributed by atoms with E-state index in [9.17, 15) is 17.6 Å². The number of alkyl halides is 3. The van der Waals surface area contributed by atoms with Gasteiger partial charge in [0.15, 0.2) is 0 Å². The third-order valence-electron chi connectivity index (χ3n) is 2.06. The molecule has 0 amide bonds. The van der Waals surface area contributed by atoms with Crippen LogP contribution in [0.25, 0.3) is 0 Å². The summed E-state index contributed by atoms with van der Waals surface area (Å²) in [5.74, 6) is -0.307. The predicted molar refractivity (Wildman–Crippen MR) is 53.6 cm³/mol. The summed E-state index contributed by atoms with van der Waals surface area (Å²) in [6, 6.07) is 5.97. The van der Waals surface area contributed by atoms with Crippen LogP contribution in [0.15, 0.2) is 24.3 Å². The van der Waals surface area contributed by atoms with Gasteiger partial charge in [-0.15, -0.1) is 0 Å². The number of rotatable bonds is 5. The lowest BCUT2D eigenvalue weighted by atomic mass is 10.1. The van der Waals surface area contributed by atoms with E-state index in [1.54, 1.807) is 12.1 Å². The minimum atomic E-state index is -4.16. The molecule has 0 saturated carbocycles. The van der Waals surface area contributed by atoms with Crippen LogP contribution >= 0.6 is 0 Å². The molecule has 0 atom stereocenters. The van der Waals surface area contributed by atoms with Crippen molar-refractivity contribution in [1.82, 2.24) is 5.32 Å². The molecule has 1 N–H and O–H groups in total. The molecule has 0 heterocycles. The number of aryl methyl sites for hydroxylation is 1. The Bertz CT molecular complexity index is 305. The molecule has 1 rings (SSSR count). The van der Waals surface area contributed by atoms with Crippen molar-refractivity contribution >= 4 is 0 Å². The minimum absolute atomic E-state index is 0.302. The van der Waals surface area contributed by atoms with Crippen molar-refractivity contribution in [2.24, 2.45) is 0 Å². The first-order valence-corrected chi connectivity index (χ1v) is 4.99. The van der Waals surface area contributed by atoms with Crippen molar-refractivity contribution in [3.8, 4) is 0 Å². The monoisotopic (exact) mass is 235 g/mol. The first kappa shape index (κ1) is 13.0. The number of hydrogen-bond acceptors (Lipinski definition) is 1. The molecule has 0 fully saturated rings. The maximum Gasteiger partial charge on any atom is 0.401 e. The van der Waals surface area contributed by atoms with Crippen molar-refractivity contribution in [3.63, 3.8) is 0 Å². The van der Waals surface area contributed by atoms with Crippen LogP contribution in [0.5, 0.6) is 0 Å². The van der Waals surface area contributed by atoms with Crippen LogP contribution in [0, 0.1) is 5.82 Å². The summed E-state index contributed by atoms with van der Waals surface area (Å²) < 4.78 is 47.8. The van der Waals surface area contributed by atoms with Gasteiger partial charge in [0, 0.05) is 0 Å². The summed E-state index contributed by atoms with van der Waals surface area (Å²) in [6.07, 6.45) is -2.91. The maximum absolute atomic E-state index is 12.5. The molecular weight excluding hydrogens is 222 g/mol. The van der Waals surface area contributed by atoms with Gasteiger partial charge in [0.1, 0.15) is 5.82 Å². The van der Waals surface area contributed by atoms with Gasteiger partial charge in [0.05, 0.1) is 6.54 Å². The highest BCUT2D eigenvalue weighted by molar-refractivity contribution is 5.15. The second-order valence-electron chi connectivity index (χ2n) is 3.52. The molecule has 5 heteroatoms. The second-order valence-corrected chi connectivity index (χ2v) is 3.52. The zero-order chi connectivity index (χ0) is 12.0. The van der Waals surface area contributed by atoms with Gasteiger partial charge in [-0.3, -0.25) is 0 Å². The molecule has 0 radical (unpaired) electrons. The maximum atomic E-state index is 12.5. The molecule has 16 heavy (non-hydrogen) atoms. The third-order valence-corrected chi connectivity index (χ3v) is 2.06. The van der Waals surface area contributed by atoms with E-state index in [1.807, 2.05) is 0 Å². The van der Waals surface area contributed by atoms with Crippen LogP contribution in [-0.2, 0) is 6.42 Å². The van der Waals surface area contributed by atoms with Gasteiger partial charge < -0.3 is 5.32 Å². The molecule has 0 aromatic heterocycles.